The van der Waals surface area contributed by atoms with Crippen LogP contribution in [0.25, 0.3) is 0 Å². The molecule has 1 unspecified atom stereocenters. The summed E-state index contributed by atoms with van der Waals surface area (Å²) >= 11 is 0. The van der Waals surface area contributed by atoms with Gasteiger partial charge < -0.3 is 15.1 Å². The van der Waals surface area contributed by atoms with Gasteiger partial charge in [0.25, 0.3) is 0 Å². The monoisotopic (exact) mass is 187 g/mol. The number of carbonyl (C=O) groups is 2. The number of hydrogen-bond acceptors (Lipinski definition) is 3. The molecule has 1 saturated heterocycles. The molecule has 5 heteroatoms. The summed E-state index contributed by atoms with van der Waals surface area (Å²) in [5.74, 6) is -1.29. The molecule has 0 aromatic rings. The second-order valence-electron chi connectivity index (χ2n) is 3.17. The van der Waals surface area contributed by atoms with E-state index in [1.165, 1.54) is 4.90 Å². The summed E-state index contributed by atoms with van der Waals surface area (Å²) in [5, 5.41) is 17.9. The summed E-state index contributed by atoms with van der Waals surface area (Å²) in [6.07, 6.45) is -0.293. The Morgan fingerprint density at radius 2 is 2.38 bits per heavy atom. The number of carboxylic acid groups (broad SMARTS) is 1. The maximum atomic E-state index is 11.2. The minimum atomic E-state index is -1.01. The molecule has 1 fully saturated rings. The Morgan fingerprint density at radius 3 is 2.69 bits per heavy atom. The Kier molecular flexibility index (Phi) is 2.87. The highest BCUT2D eigenvalue weighted by Crippen LogP contribution is 2.16. The van der Waals surface area contributed by atoms with Crippen LogP contribution in [0, 0.1) is 0 Å². The van der Waals surface area contributed by atoms with Gasteiger partial charge in [-0.15, -0.1) is 0 Å². The summed E-state index contributed by atoms with van der Waals surface area (Å²) in [4.78, 5) is 23.1. The lowest BCUT2D eigenvalue weighted by Gasteiger charge is -2.22. The Bertz CT molecular complexity index is 228. The Hall–Kier alpha value is -1.10. The third-order valence-corrected chi connectivity index (χ3v) is 2.19. The topological polar surface area (TPSA) is 77.8 Å². The van der Waals surface area contributed by atoms with Crippen molar-refractivity contribution in [1.29, 1.82) is 0 Å². The molecule has 1 heterocycles. The van der Waals surface area contributed by atoms with Crippen LogP contribution in [-0.4, -0.2) is 45.7 Å². The van der Waals surface area contributed by atoms with Gasteiger partial charge in [0.15, 0.2) is 0 Å². The SMILES string of the molecule is CC[C@@H](C(=O)O)N1CC(O)CC1=O. The molecule has 0 radical (unpaired) electrons. The van der Waals surface area contributed by atoms with E-state index in [0.717, 1.165) is 0 Å². The fourth-order valence-corrected chi connectivity index (χ4v) is 1.54. The highest BCUT2D eigenvalue weighted by atomic mass is 16.4. The van der Waals surface area contributed by atoms with Crippen LogP contribution < -0.4 is 0 Å². The van der Waals surface area contributed by atoms with E-state index in [1.807, 2.05) is 0 Å². The summed E-state index contributed by atoms with van der Waals surface area (Å²) < 4.78 is 0. The number of nitrogens with zero attached hydrogens (tertiary/aromatic N) is 1. The smallest absolute Gasteiger partial charge is 0.326 e. The van der Waals surface area contributed by atoms with Crippen molar-refractivity contribution in [3.63, 3.8) is 0 Å². The van der Waals surface area contributed by atoms with Gasteiger partial charge >= 0.3 is 5.97 Å². The van der Waals surface area contributed by atoms with E-state index in [9.17, 15) is 9.59 Å². The summed E-state index contributed by atoms with van der Waals surface area (Å²) in [5.41, 5.74) is 0. The second kappa shape index (κ2) is 3.74. The third kappa shape index (κ3) is 1.98. The van der Waals surface area contributed by atoms with Gasteiger partial charge in [0.2, 0.25) is 5.91 Å². The molecule has 1 aliphatic heterocycles. The number of carbonyl (C=O) groups excluding carboxylic acids is 1. The minimum Gasteiger partial charge on any atom is -0.480 e. The van der Waals surface area contributed by atoms with E-state index in [1.54, 1.807) is 6.92 Å². The molecule has 2 N–H and O–H groups in total. The van der Waals surface area contributed by atoms with Gasteiger partial charge in [0, 0.05) is 6.54 Å². The number of aliphatic hydroxyl groups excluding tert-OH is 1. The average Bonchev–Trinajstić information content (AvgIpc) is 2.31. The average molecular weight is 187 g/mol. The summed E-state index contributed by atoms with van der Waals surface area (Å²) in [7, 11) is 0. The van der Waals surface area contributed by atoms with Gasteiger partial charge in [-0.05, 0) is 6.42 Å². The number of hydrogen-bond donors (Lipinski definition) is 2. The lowest BCUT2D eigenvalue weighted by Crippen LogP contribution is -2.42. The number of β-amino-alcohol motifs (C(OH)–C–C–N with tert-alkyl or cyclic N) is 1. The molecule has 2 atom stereocenters. The van der Waals surface area contributed by atoms with Gasteiger partial charge in [-0.3, -0.25) is 4.79 Å². The van der Waals surface area contributed by atoms with E-state index >= 15 is 0 Å². The third-order valence-electron chi connectivity index (χ3n) is 2.19. The van der Waals surface area contributed by atoms with Gasteiger partial charge in [0.05, 0.1) is 12.5 Å². The number of carboxylic acids is 1. The highest BCUT2D eigenvalue weighted by Gasteiger charge is 2.35. The van der Waals surface area contributed by atoms with Crippen LogP contribution in [0.5, 0.6) is 0 Å². The minimum absolute atomic E-state index is 0.0454. The first kappa shape index (κ1) is 9.98. The van der Waals surface area contributed by atoms with Crippen LogP contribution in [0.15, 0.2) is 0 Å². The van der Waals surface area contributed by atoms with Crippen LogP contribution >= 0.6 is 0 Å². The first-order valence-electron chi connectivity index (χ1n) is 4.26. The van der Waals surface area contributed by atoms with E-state index in [-0.39, 0.29) is 18.9 Å². The van der Waals surface area contributed by atoms with Crippen molar-refractivity contribution in [2.45, 2.75) is 31.9 Å². The van der Waals surface area contributed by atoms with Crippen LogP contribution in [0.3, 0.4) is 0 Å². The molecule has 0 saturated carbocycles. The van der Waals surface area contributed by atoms with Crippen LogP contribution in [0.2, 0.25) is 0 Å². The fraction of sp³-hybridized carbons (Fsp3) is 0.750. The molecule has 0 aromatic heterocycles. The molecule has 5 nitrogen and oxygen atoms in total. The largest absolute Gasteiger partial charge is 0.480 e. The Balaban J connectivity index is 2.69. The molecule has 1 rings (SSSR count). The van der Waals surface area contributed by atoms with Crippen LogP contribution in [-0.2, 0) is 9.59 Å². The van der Waals surface area contributed by atoms with Crippen molar-refractivity contribution in [3.8, 4) is 0 Å². The second-order valence-corrected chi connectivity index (χ2v) is 3.17. The molecular weight excluding hydrogens is 174 g/mol. The highest BCUT2D eigenvalue weighted by molar-refractivity contribution is 5.85. The Labute approximate surface area is 76.0 Å². The van der Waals surface area contributed by atoms with E-state index in [2.05, 4.69) is 0 Å². The van der Waals surface area contributed by atoms with Crippen molar-refractivity contribution in [2.75, 3.05) is 6.54 Å². The van der Waals surface area contributed by atoms with Crippen molar-refractivity contribution < 1.29 is 19.8 Å². The maximum absolute atomic E-state index is 11.2. The predicted octanol–water partition coefficient (Wildman–Crippen LogP) is -0.557. The predicted molar refractivity (Wildman–Crippen MR) is 44.1 cm³/mol. The van der Waals surface area contributed by atoms with Gasteiger partial charge in [-0.1, -0.05) is 6.92 Å². The van der Waals surface area contributed by atoms with E-state index < -0.39 is 18.1 Å². The number of likely N-dealkylation sites (tertiary alicyclic amines) is 1. The van der Waals surface area contributed by atoms with E-state index in [0.29, 0.717) is 6.42 Å². The van der Waals surface area contributed by atoms with E-state index in [4.69, 9.17) is 10.2 Å². The van der Waals surface area contributed by atoms with Gasteiger partial charge in [0.1, 0.15) is 6.04 Å². The summed E-state index contributed by atoms with van der Waals surface area (Å²) in [6, 6.07) is -0.787. The molecule has 0 aliphatic carbocycles. The van der Waals surface area contributed by atoms with Crippen molar-refractivity contribution >= 4 is 11.9 Å². The molecule has 74 valence electrons. The fourth-order valence-electron chi connectivity index (χ4n) is 1.54. The first-order chi connectivity index (χ1) is 6.06. The maximum Gasteiger partial charge on any atom is 0.326 e. The molecule has 0 bridgehead atoms. The van der Waals surface area contributed by atoms with Crippen molar-refractivity contribution in [1.82, 2.24) is 4.90 Å². The number of aliphatic hydroxyl groups is 1. The zero-order valence-corrected chi connectivity index (χ0v) is 7.43. The number of rotatable bonds is 3. The molecular formula is C8H13NO4. The standard InChI is InChI=1S/C8H13NO4/c1-2-6(8(12)13)9-4-5(10)3-7(9)11/h5-6,10H,2-4H2,1H3,(H,12,13)/t5?,6-/m0/s1. The van der Waals surface area contributed by atoms with Gasteiger partial charge in [-0.2, -0.15) is 0 Å². The normalized spacial score (nSPS) is 24.9. The zero-order chi connectivity index (χ0) is 10.0. The lowest BCUT2D eigenvalue weighted by atomic mass is 10.2. The summed E-state index contributed by atoms with van der Waals surface area (Å²) in [6.45, 7) is 1.85. The quantitative estimate of drug-likeness (QED) is 0.621. The molecule has 0 aromatic carbocycles. The lowest BCUT2D eigenvalue weighted by molar-refractivity contribution is -0.148. The van der Waals surface area contributed by atoms with Crippen LogP contribution in [0.4, 0.5) is 0 Å². The molecule has 0 spiro atoms. The Morgan fingerprint density at radius 1 is 1.77 bits per heavy atom. The van der Waals surface area contributed by atoms with Crippen molar-refractivity contribution in [2.24, 2.45) is 0 Å². The number of aliphatic carboxylic acids is 1. The zero-order valence-electron chi connectivity index (χ0n) is 7.43. The molecule has 1 aliphatic rings. The van der Waals surface area contributed by atoms with Gasteiger partial charge in [-0.25, -0.2) is 4.79 Å². The number of amides is 1. The molecule has 13 heavy (non-hydrogen) atoms. The first-order valence-corrected chi connectivity index (χ1v) is 4.26. The van der Waals surface area contributed by atoms with Crippen molar-refractivity contribution in [3.05, 3.63) is 0 Å². The van der Waals surface area contributed by atoms with Crippen LogP contribution in [0.1, 0.15) is 19.8 Å². The molecule has 1 amide bonds.